The third-order valence-electron chi connectivity index (χ3n) is 1.26. The summed E-state index contributed by atoms with van der Waals surface area (Å²) >= 11 is 0. The molecule has 10 heavy (non-hydrogen) atoms. The third-order valence-corrected chi connectivity index (χ3v) is 1.26. The molecule has 0 bridgehead atoms. The van der Waals surface area contributed by atoms with Crippen molar-refractivity contribution in [2.75, 3.05) is 0 Å². The van der Waals surface area contributed by atoms with Crippen molar-refractivity contribution in [2.24, 2.45) is 0 Å². The van der Waals surface area contributed by atoms with Crippen molar-refractivity contribution < 1.29 is 4.79 Å². The Morgan fingerprint density at radius 3 is 3.20 bits per heavy atom. The van der Waals surface area contributed by atoms with Gasteiger partial charge >= 0.3 is 0 Å². The van der Waals surface area contributed by atoms with E-state index in [9.17, 15) is 4.79 Å². The molecule has 0 radical (unpaired) electrons. The maximum Gasteiger partial charge on any atom is 0.138 e. The Labute approximate surface area is 58.9 Å². The van der Waals surface area contributed by atoms with Crippen LogP contribution in [0.3, 0.4) is 0 Å². The molecule has 0 spiro atoms. The lowest BCUT2D eigenvalue weighted by Gasteiger charge is -1.96. The Morgan fingerprint density at radius 2 is 2.60 bits per heavy atom. The lowest BCUT2D eigenvalue weighted by molar-refractivity contribution is -0.107. The van der Waals surface area contributed by atoms with Crippen molar-refractivity contribution in [3.63, 3.8) is 0 Å². The molecule has 0 fully saturated rings. The lowest BCUT2D eigenvalue weighted by Crippen LogP contribution is -2.03. The highest BCUT2D eigenvalue weighted by atomic mass is 16.1. The number of hydrogen-bond donors (Lipinski definition) is 0. The van der Waals surface area contributed by atoms with Crippen molar-refractivity contribution >= 4 is 6.29 Å². The molecule has 1 aromatic heterocycles. The van der Waals surface area contributed by atoms with Gasteiger partial charge < -0.3 is 4.79 Å². The van der Waals surface area contributed by atoms with E-state index in [1.165, 1.54) is 6.33 Å². The molecule has 4 nitrogen and oxygen atoms in total. The fraction of sp³-hybridized carbons (Fsp3) is 0.500. The van der Waals surface area contributed by atoms with E-state index in [1.807, 2.05) is 6.92 Å². The minimum atomic E-state index is 0.355. The van der Waals surface area contributed by atoms with E-state index in [0.717, 1.165) is 18.7 Å². The second kappa shape index (κ2) is 3.10. The molecule has 0 saturated carbocycles. The van der Waals surface area contributed by atoms with Crippen LogP contribution in [0.2, 0.25) is 0 Å². The highest BCUT2D eigenvalue weighted by Gasteiger charge is 1.98. The van der Waals surface area contributed by atoms with Crippen LogP contribution in [-0.2, 0) is 17.8 Å². The Balaban J connectivity index is 2.79. The second-order valence-corrected chi connectivity index (χ2v) is 1.86. The molecule has 0 saturated heterocycles. The first kappa shape index (κ1) is 6.92. The normalized spacial score (nSPS) is 9.70. The zero-order valence-corrected chi connectivity index (χ0v) is 5.82. The SMILES string of the molecule is CCn1ncnc1CC=O. The molecule has 0 aliphatic rings. The van der Waals surface area contributed by atoms with E-state index in [1.54, 1.807) is 4.68 Å². The zero-order valence-electron chi connectivity index (χ0n) is 5.82. The van der Waals surface area contributed by atoms with E-state index >= 15 is 0 Å². The van der Waals surface area contributed by atoms with Crippen LogP contribution in [0.25, 0.3) is 0 Å². The lowest BCUT2D eigenvalue weighted by atomic mass is 10.4. The molecule has 0 unspecified atom stereocenters. The summed E-state index contributed by atoms with van der Waals surface area (Å²) in [5, 5.41) is 3.90. The molecule has 0 amide bonds. The Morgan fingerprint density at radius 1 is 1.80 bits per heavy atom. The van der Waals surface area contributed by atoms with Gasteiger partial charge in [-0.05, 0) is 6.92 Å². The van der Waals surface area contributed by atoms with Gasteiger partial charge in [-0.25, -0.2) is 9.67 Å². The fourth-order valence-corrected chi connectivity index (χ4v) is 0.785. The van der Waals surface area contributed by atoms with E-state index in [2.05, 4.69) is 10.1 Å². The predicted octanol–water partition coefficient (Wildman–Crippen LogP) is 0.0394. The fourth-order valence-electron chi connectivity index (χ4n) is 0.785. The molecule has 0 atom stereocenters. The average Bonchev–Trinajstić information content (AvgIpc) is 2.36. The highest BCUT2D eigenvalue weighted by Crippen LogP contribution is 1.91. The summed E-state index contributed by atoms with van der Waals surface area (Å²) in [4.78, 5) is 14.0. The Hall–Kier alpha value is -1.19. The zero-order chi connectivity index (χ0) is 7.40. The van der Waals surface area contributed by atoms with Crippen LogP contribution >= 0.6 is 0 Å². The monoisotopic (exact) mass is 139 g/mol. The van der Waals surface area contributed by atoms with Crippen molar-refractivity contribution in [1.82, 2.24) is 14.8 Å². The van der Waals surface area contributed by atoms with Crippen molar-refractivity contribution in [2.45, 2.75) is 19.9 Å². The van der Waals surface area contributed by atoms with Gasteiger partial charge in [-0.1, -0.05) is 0 Å². The maximum absolute atomic E-state index is 10.1. The smallest absolute Gasteiger partial charge is 0.138 e. The number of nitrogens with zero attached hydrogens (tertiary/aromatic N) is 3. The van der Waals surface area contributed by atoms with Crippen LogP contribution in [0, 0.1) is 0 Å². The molecular formula is C6H9N3O. The van der Waals surface area contributed by atoms with Crippen LogP contribution in [0.15, 0.2) is 6.33 Å². The van der Waals surface area contributed by atoms with E-state index in [0.29, 0.717) is 6.42 Å². The first-order valence-corrected chi connectivity index (χ1v) is 3.18. The van der Waals surface area contributed by atoms with E-state index in [4.69, 9.17) is 0 Å². The number of carbonyl (C=O) groups excluding carboxylic acids is 1. The third kappa shape index (κ3) is 1.21. The Bertz CT molecular complexity index is 219. The molecule has 0 N–H and O–H groups in total. The van der Waals surface area contributed by atoms with Crippen LogP contribution < -0.4 is 0 Å². The van der Waals surface area contributed by atoms with E-state index < -0.39 is 0 Å². The van der Waals surface area contributed by atoms with Gasteiger partial charge in [0.05, 0.1) is 6.42 Å². The van der Waals surface area contributed by atoms with Crippen molar-refractivity contribution in [3.05, 3.63) is 12.2 Å². The van der Waals surface area contributed by atoms with Crippen LogP contribution in [0.5, 0.6) is 0 Å². The van der Waals surface area contributed by atoms with Crippen molar-refractivity contribution in [1.29, 1.82) is 0 Å². The average molecular weight is 139 g/mol. The van der Waals surface area contributed by atoms with Crippen LogP contribution in [0.4, 0.5) is 0 Å². The number of hydrogen-bond acceptors (Lipinski definition) is 3. The molecule has 4 heteroatoms. The quantitative estimate of drug-likeness (QED) is 0.555. The van der Waals surface area contributed by atoms with Crippen LogP contribution in [0.1, 0.15) is 12.7 Å². The van der Waals surface area contributed by atoms with Gasteiger partial charge in [-0.2, -0.15) is 5.10 Å². The largest absolute Gasteiger partial charge is 0.303 e. The first-order valence-electron chi connectivity index (χ1n) is 3.18. The van der Waals surface area contributed by atoms with Crippen molar-refractivity contribution in [3.8, 4) is 0 Å². The highest BCUT2D eigenvalue weighted by molar-refractivity contribution is 5.52. The second-order valence-electron chi connectivity index (χ2n) is 1.86. The van der Waals surface area contributed by atoms with Gasteiger partial charge in [0.1, 0.15) is 18.4 Å². The van der Waals surface area contributed by atoms with Gasteiger partial charge in [0.25, 0.3) is 0 Å². The first-order chi connectivity index (χ1) is 4.88. The van der Waals surface area contributed by atoms with Gasteiger partial charge in [0, 0.05) is 6.54 Å². The van der Waals surface area contributed by atoms with E-state index in [-0.39, 0.29) is 0 Å². The predicted molar refractivity (Wildman–Crippen MR) is 35.5 cm³/mol. The standard InChI is InChI=1S/C6H9N3O/c1-2-9-6(3-4-10)7-5-8-9/h4-5H,2-3H2,1H3. The minimum absolute atomic E-state index is 0.355. The Kier molecular flexibility index (Phi) is 2.15. The number of aldehydes is 1. The van der Waals surface area contributed by atoms with Gasteiger partial charge in [0.15, 0.2) is 0 Å². The molecule has 0 aromatic carbocycles. The molecule has 54 valence electrons. The molecule has 0 aliphatic carbocycles. The van der Waals surface area contributed by atoms with Gasteiger partial charge in [0.2, 0.25) is 0 Å². The molecule has 1 heterocycles. The number of rotatable bonds is 3. The number of aryl methyl sites for hydroxylation is 1. The summed E-state index contributed by atoms with van der Waals surface area (Å²) in [5.74, 6) is 0.734. The van der Waals surface area contributed by atoms with Gasteiger partial charge in [-0.15, -0.1) is 0 Å². The summed E-state index contributed by atoms with van der Waals surface area (Å²) in [6, 6.07) is 0. The van der Waals surface area contributed by atoms with Crippen LogP contribution in [-0.4, -0.2) is 21.1 Å². The molecule has 0 aliphatic heterocycles. The maximum atomic E-state index is 10.1. The molecule has 1 rings (SSSR count). The topological polar surface area (TPSA) is 47.8 Å². The summed E-state index contributed by atoms with van der Waals surface area (Å²) in [7, 11) is 0. The number of aromatic nitrogens is 3. The summed E-state index contributed by atoms with van der Waals surface area (Å²) in [5.41, 5.74) is 0. The molecule has 1 aromatic rings. The minimum Gasteiger partial charge on any atom is -0.303 e. The molecular weight excluding hydrogens is 130 g/mol. The summed E-state index contributed by atoms with van der Waals surface area (Å²) in [6.45, 7) is 2.73. The summed E-state index contributed by atoms with van der Waals surface area (Å²) < 4.78 is 1.70. The number of carbonyl (C=O) groups is 1. The summed E-state index contributed by atoms with van der Waals surface area (Å²) in [6.07, 6.45) is 2.65. The van der Waals surface area contributed by atoms with Gasteiger partial charge in [-0.3, -0.25) is 0 Å².